The van der Waals surface area contributed by atoms with Gasteiger partial charge in [-0.1, -0.05) is 56.5 Å². The largest absolute Gasteiger partial charge is 0.493 e. The van der Waals surface area contributed by atoms with Crippen LogP contribution in [0.2, 0.25) is 0 Å². The molecule has 6 nitrogen and oxygen atoms in total. The van der Waals surface area contributed by atoms with Crippen LogP contribution in [0, 0.1) is 6.92 Å². The molecule has 1 atom stereocenters. The lowest BCUT2D eigenvalue weighted by Gasteiger charge is -2.30. The maximum absolute atomic E-state index is 12.0. The van der Waals surface area contributed by atoms with Crippen LogP contribution in [0.3, 0.4) is 0 Å². The van der Waals surface area contributed by atoms with Crippen LogP contribution in [-0.2, 0) is 23.1 Å². The third-order valence-electron chi connectivity index (χ3n) is 6.98. The Hall–Kier alpha value is -3.28. The SMILES string of the molecule is Cc1oc(C2(C)CCCCC2)nc1CCOc1ccc(CC(C)(Oc2ccccc2)C(=O)O)cc1. The summed E-state index contributed by atoms with van der Waals surface area (Å²) in [6.07, 6.45) is 6.93. The average Bonchev–Trinajstić information content (AvgIpc) is 3.22. The lowest BCUT2D eigenvalue weighted by Crippen LogP contribution is -2.43. The Labute approximate surface area is 207 Å². The van der Waals surface area contributed by atoms with Gasteiger partial charge in [0.2, 0.25) is 11.5 Å². The molecule has 6 heteroatoms. The first kappa shape index (κ1) is 24.8. The van der Waals surface area contributed by atoms with Crippen LogP contribution in [0.25, 0.3) is 0 Å². The van der Waals surface area contributed by atoms with E-state index in [1.165, 1.54) is 19.3 Å². The van der Waals surface area contributed by atoms with E-state index in [4.69, 9.17) is 18.9 Å². The number of carboxylic acid groups (broad SMARTS) is 1. The van der Waals surface area contributed by atoms with Crippen molar-refractivity contribution in [1.82, 2.24) is 4.98 Å². The number of nitrogens with zero attached hydrogens (tertiary/aromatic N) is 1. The fourth-order valence-electron chi connectivity index (χ4n) is 4.73. The highest BCUT2D eigenvalue weighted by Gasteiger charge is 2.36. The molecule has 1 unspecified atom stereocenters. The maximum atomic E-state index is 12.0. The second kappa shape index (κ2) is 10.5. The molecular formula is C29H35NO5. The van der Waals surface area contributed by atoms with E-state index in [-0.39, 0.29) is 11.8 Å². The van der Waals surface area contributed by atoms with Crippen molar-refractivity contribution in [2.24, 2.45) is 0 Å². The standard InChI is InChI=1S/C29H35NO5/c1-21-25(30-26(34-21)28(2)17-8-5-9-18-28)16-19-33-23-14-12-22(13-15-23)20-29(3,27(31)32)35-24-10-6-4-7-11-24/h4,6-7,10-15H,5,8-9,16-20H2,1-3H3,(H,31,32). The minimum atomic E-state index is -1.37. The molecule has 1 aromatic heterocycles. The van der Waals surface area contributed by atoms with E-state index in [9.17, 15) is 9.90 Å². The number of carboxylic acids is 1. The Morgan fingerprint density at radius 2 is 1.74 bits per heavy atom. The van der Waals surface area contributed by atoms with E-state index in [2.05, 4.69) is 6.92 Å². The molecule has 0 aliphatic heterocycles. The van der Waals surface area contributed by atoms with Crippen LogP contribution in [0.15, 0.2) is 59.0 Å². The number of hydrogen-bond acceptors (Lipinski definition) is 5. The molecule has 1 aliphatic rings. The van der Waals surface area contributed by atoms with Crippen molar-refractivity contribution in [3.8, 4) is 11.5 Å². The average molecular weight is 478 g/mol. The Balaban J connectivity index is 1.33. The Bertz CT molecular complexity index is 1120. The van der Waals surface area contributed by atoms with Crippen LogP contribution in [0.4, 0.5) is 0 Å². The van der Waals surface area contributed by atoms with Gasteiger partial charge in [-0.2, -0.15) is 0 Å². The minimum absolute atomic E-state index is 0.0482. The molecule has 0 saturated heterocycles. The molecule has 2 aromatic carbocycles. The second-order valence-corrected chi connectivity index (χ2v) is 10.0. The third-order valence-corrected chi connectivity index (χ3v) is 6.98. The van der Waals surface area contributed by atoms with Crippen molar-refractivity contribution in [2.75, 3.05) is 6.61 Å². The Kier molecular flexibility index (Phi) is 7.48. The fraction of sp³-hybridized carbons (Fsp3) is 0.448. The van der Waals surface area contributed by atoms with Crippen LogP contribution in [-0.4, -0.2) is 28.3 Å². The molecule has 1 saturated carbocycles. The highest BCUT2D eigenvalue weighted by Crippen LogP contribution is 2.39. The van der Waals surface area contributed by atoms with Gasteiger partial charge in [0, 0.05) is 18.3 Å². The topological polar surface area (TPSA) is 81.8 Å². The van der Waals surface area contributed by atoms with Crippen molar-refractivity contribution in [3.05, 3.63) is 77.5 Å². The molecule has 0 amide bonds. The van der Waals surface area contributed by atoms with E-state index < -0.39 is 11.6 Å². The number of hydrogen-bond donors (Lipinski definition) is 1. The number of aryl methyl sites for hydroxylation is 1. The minimum Gasteiger partial charge on any atom is -0.493 e. The van der Waals surface area contributed by atoms with Crippen LogP contribution >= 0.6 is 0 Å². The van der Waals surface area contributed by atoms with E-state index in [0.717, 1.165) is 41.5 Å². The monoisotopic (exact) mass is 477 g/mol. The molecule has 1 heterocycles. The predicted molar refractivity (Wildman–Crippen MR) is 134 cm³/mol. The zero-order valence-electron chi connectivity index (χ0n) is 20.9. The number of aliphatic carboxylic acids is 1. The highest BCUT2D eigenvalue weighted by atomic mass is 16.5. The van der Waals surface area contributed by atoms with Gasteiger partial charge in [0.15, 0.2) is 0 Å². The maximum Gasteiger partial charge on any atom is 0.348 e. The Morgan fingerprint density at radius 1 is 1.06 bits per heavy atom. The first-order valence-corrected chi connectivity index (χ1v) is 12.4. The molecule has 0 bridgehead atoms. The quantitative estimate of drug-likeness (QED) is 0.369. The van der Waals surface area contributed by atoms with Crippen molar-refractivity contribution in [3.63, 3.8) is 0 Å². The lowest BCUT2D eigenvalue weighted by atomic mass is 9.76. The van der Waals surface area contributed by atoms with Crippen molar-refractivity contribution in [2.45, 2.75) is 76.7 Å². The number of oxazole rings is 1. The van der Waals surface area contributed by atoms with E-state index in [0.29, 0.717) is 18.8 Å². The van der Waals surface area contributed by atoms with Gasteiger partial charge in [-0.25, -0.2) is 9.78 Å². The first-order valence-electron chi connectivity index (χ1n) is 12.4. The number of para-hydroxylation sites is 1. The molecule has 186 valence electrons. The molecule has 1 N–H and O–H groups in total. The number of benzene rings is 2. The highest BCUT2D eigenvalue weighted by molar-refractivity contribution is 5.78. The van der Waals surface area contributed by atoms with E-state index in [1.807, 2.05) is 49.4 Å². The van der Waals surface area contributed by atoms with Gasteiger partial charge in [-0.05, 0) is 56.5 Å². The predicted octanol–water partition coefficient (Wildman–Crippen LogP) is 6.29. The number of ether oxygens (including phenoxy) is 2. The molecular weight excluding hydrogens is 442 g/mol. The van der Waals surface area contributed by atoms with Crippen molar-refractivity contribution in [1.29, 1.82) is 0 Å². The van der Waals surface area contributed by atoms with Gasteiger partial charge in [-0.15, -0.1) is 0 Å². The normalized spacial score (nSPS) is 16.9. The summed E-state index contributed by atoms with van der Waals surface area (Å²) in [5, 5.41) is 9.79. The van der Waals surface area contributed by atoms with Crippen LogP contribution < -0.4 is 9.47 Å². The molecule has 0 radical (unpaired) electrons. The summed E-state index contributed by atoms with van der Waals surface area (Å²) in [7, 11) is 0. The molecule has 3 aromatic rings. The summed E-state index contributed by atoms with van der Waals surface area (Å²) in [5.41, 5.74) is 0.489. The first-order chi connectivity index (χ1) is 16.8. The third kappa shape index (κ3) is 6.05. The van der Waals surface area contributed by atoms with Gasteiger partial charge < -0.3 is 19.0 Å². The summed E-state index contributed by atoms with van der Waals surface area (Å²) >= 11 is 0. The summed E-state index contributed by atoms with van der Waals surface area (Å²) in [6.45, 7) is 6.32. The fourth-order valence-corrected chi connectivity index (χ4v) is 4.73. The summed E-state index contributed by atoms with van der Waals surface area (Å²) in [4.78, 5) is 16.8. The summed E-state index contributed by atoms with van der Waals surface area (Å²) in [6, 6.07) is 16.5. The smallest absolute Gasteiger partial charge is 0.348 e. The van der Waals surface area contributed by atoms with E-state index >= 15 is 0 Å². The van der Waals surface area contributed by atoms with Gasteiger partial charge in [0.1, 0.15) is 17.3 Å². The number of aromatic nitrogens is 1. The molecule has 35 heavy (non-hydrogen) atoms. The van der Waals surface area contributed by atoms with Gasteiger partial charge >= 0.3 is 5.97 Å². The van der Waals surface area contributed by atoms with Crippen LogP contribution in [0.5, 0.6) is 11.5 Å². The number of carbonyl (C=O) groups is 1. The Morgan fingerprint density at radius 3 is 2.40 bits per heavy atom. The lowest BCUT2D eigenvalue weighted by molar-refractivity contribution is -0.153. The summed E-state index contributed by atoms with van der Waals surface area (Å²) < 4.78 is 17.8. The van der Waals surface area contributed by atoms with Crippen molar-refractivity contribution < 1.29 is 23.8 Å². The molecule has 1 aliphatic carbocycles. The van der Waals surface area contributed by atoms with Gasteiger partial charge in [0.05, 0.1) is 12.3 Å². The zero-order valence-corrected chi connectivity index (χ0v) is 20.9. The zero-order chi connectivity index (χ0) is 24.9. The van der Waals surface area contributed by atoms with Crippen molar-refractivity contribution >= 4 is 5.97 Å². The second-order valence-electron chi connectivity index (χ2n) is 10.0. The van der Waals surface area contributed by atoms with Crippen LogP contribution in [0.1, 0.15) is 68.9 Å². The van der Waals surface area contributed by atoms with Gasteiger partial charge in [-0.3, -0.25) is 0 Å². The van der Waals surface area contributed by atoms with Gasteiger partial charge in [0.25, 0.3) is 0 Å². The molecule has 0 spiro atoms. The molecule has 1 fully saturated rings. The molecule has 4 rings (SSSR count). The summed E-state index contributed by atoms with van der Waals surface area (Å²) in [5.74, 6) is 1.99. The van der Waals surface area contributed by atoms with E-state index in [1.54, 1.807) is 19.1 Å². The number of rotatable bonds is 10.